The number of nitrogens with zero attached hydrogens (tertiary/aromatic N) is 1. The number of hydrogen-bond donors (Lipinski definition) is 0. The van der Waals surface area contributed by atoms with Crippen LogP contribution in [0.25, 0.3) is 21.5 Å². The van der Waals surface area contributed by atoms with Gasteiger partial charge in [0.25, 0.3) is 0 Å². The van der Waals surface area contributed by atoms with Crippen molar-refractivity contribution in [3.05, 3.63) is 150 Å². The van der Waals surface area contributed by atoms with E-state index in [1.807, 2.05) is 0 Å². The van der Waals surface area contributed by atoms with Gasteiger partial charge in [0, 0.05) is 0 Å². The molecule has 0 aromatic heterocycles. The van der Waals surface area contributed by atoms with Crippen molar-refractivity contribution in [1.82, 2.24) is 0 Å². The predicted octanol–water partition coefficient (Wildman–Crippen LogP) is 7.47. The van der Waals surface area contributed by atoms with Crippen LogP contribution in [0.2, 0.25) is 0 Å². The molecule has 0 saturated heterocycles. The van der Waals surface area contributed by atoms with E-state index < -0.39 is 7.26 Å². The minimum atomic E-state index is -2.41. The van der Waals surface area contributed by atoms with Gasteiger partial charge in [0.2, 0.25) is 0 Å². The first-order valence-corrected chi connectivity index (χ1v) is 16.0. The van der Waals surface area contributed by atoms with Crippen molar-refractivity contribution in [2.75, 3.05) is 0 Å². The summed E-state index contributed by atoms with van der Waals surface area (Å²) in [6.45, 7) is 0. The zero-order valence-electron chi connectivity index (χ0n) is 21.1. The number of rotatable bonds is 6. The Morgan fingerprint density at radius 2 is 1.11 bits per heavy atom. The van der Waals surface area contributed by atoms with Gasteiger partial charge in [-0.05, 0) is 0 Å². The first-order chi connectivity index (χ1) is 18.7. The van der Waals surface area contributed by atoms with E-state index in [1.54, 1.807) is 0 Å². The van der Waals surface area contributed by atoms with E-state index in [0.29, 0.717) is 0 Å². The van der Waals surface area contributed by atoms with Gasteiger partial charge in [0.05, 0.1) is 0 Å². The molecule has 0 saturated carbocycles. The third kappa shape index (κ3) is 4.31. The molecule has 1 unspecified atom stereocenters. The molecule has 3 heteroatoms. The Bertz CT molecular complexity index is 1680. The second kappa shape index (κ2) is 10.5. The Kier molecular flexibility index (Phi) is 6.79. The zero-order chi connectivity index (χ0) is 26.0. The summed E-state index contributed by atoms with van der Waals surface area (Å²) >= 11 is 0. The molecule has 6 rings (SSSR count). The summed E-state index contributed by atoms with van der Waals surface area (Å²) in [6, 6.07) is 51.1. The normalized spacial score (nSPS) is 11.9. The maximum absolute atomic E-state index is 10.2. The van der Waals surface area contributed by atoms with Crippen LogP contribution in [-0.2, 0) is 12.3 Å². The molecule has 0 radical (unpaired) electrons. The number of hydrogen-bond acceptors (Lipinski definition) is 1. The summed E-state index contributed by atoms with van der Waals surface area (Å²) < 4.78 is 0. The molecule has 0 fully saturated rings. The molecule has 0 aliphatic carbocycles. The zero-order valence-corrected chi connectivity index (χ0v) is 23.3. The van der Waals surface area contributed by atoms with Gasteiger partial charge in [-0.1, -0.05) is 0 Å². The van der Waals surface area contributed by atoms with Crippen LogP contribution in [0.4, 0.5) is 0 Å². The Morgan fingerprint density at radius 3 is 1.63 bits per heavy atom. The summed E-state index contributed by atoms with van der Waals surface area (Å²) in [5.74, 6) is 0. The van der Waals surface area contributed by atoms with E-state index in [2.05, 4.69) is 149 Å². The molecule has 0 aliphatic rings. The molecular weight excluding hydrogens is 496 g/mol. The molecule has 0 N–H and O–H groups in total. The van der Waals surface area contributed by atoms with Crippen molar-refractivity contribution < 1.29 is 0 Å². The SMILES string of the molecule is N#Cc1c2ccc(C[PH](c3ccccc3)(c3ccccc3)c3ccccc3)cc2cc2ccc(CP)cc12. The van der Waals surface area contributed by atoms with Gasteiger partial charge in [-0.25, -0.2) is 0 Å². The predicted molar refractivity (Wildman–Crippen MR) is 170 cm³/mol. The molecule has 6 aromatic carbocycles. The van der Waals surface area contributed by atoms with Crippen molar-refractivity contribution in [2.45, 2.75) is 12.3 Å². The van der Waals surface area contributed by atoms with Gasteiger partial charge < -0.3 is 0 Å². The van der Waals surface area contributed by atoms with Crippen molar-refractivity contribution in [3.8, 4) is 6.07 Å². The Balaban J connectivity index is 1.58. The van der Waals surface area contributed by atoms with Crippen LogP contribution in [0.1, 0.15) is 16.7 Å². The molecule has 0 bridgehead atoms. The number of nitriles is 1. The fourth-order valence-corrected chi connectivity index (χ4v) is 10.8. The summed E-state index contributed by atoms with van der Waals surface area (Å²) in [5.41, 5.74) is 3.28. The molecule has 184 valence electrons. The van der Waals surface area contributed by atoms with E-state index >= 15 is 0 Å². The topological polar surface area (TPSA) is 23.8 Å². The summed E-state index contributed by atoms with van der Waals surface area (Å²) in [4.78, 5) is 0. The molecule has 38 heavy (non-hydrogen) atoms. The molecule has 1 nitrogen and oxygen atoms in total. The van der Waals surface area contributed by atoms with Gasteiger partial charge in [0.1, 0.15) is 0 Å². The molecule has 6 aromatic rings. The molecule has 0 amide bonds. The number of fused-ring (bicyclic) bond motifs is 2. The Labute approximate surface area is 227 Å². The van der Waals surface area contributed by atoms with E-state index in [4.69, 9.17) is 0 Å². The molecular formula is C35H29NP2. The third-order valence-electron chi connectivity index (χ3n) is 7.70. The average molecular weight is 526 g/mol. The van der Waals surface area contributed by atoms with E-state index in [-0.39, 0.29) is 0 Å². The van der Waals surface area contributed by atoms with Gasteiger partial charge in [-0.15, -0.1) is 0 Å². The third-order valence-corrected chi connectivity index (χ3v) is 13.1. The Morgan fingerprint density at radius 1 is 0.553 bits per heavy atom. The first-order valence-electron chi connectivity index (χ1n) is 13.0. The standard InChI is InChI=1S/C35H29NP2/c36-23-35-33-19-17-27(20-29(33)22-28-18-16-26(24-37)21-34(28)35)25-38(30-10-4-1-5-11-30,31-12-6-2-7-13-31)32-14-8-3-9-15-32/h1-22,38H,24-25,37H2. The molecule has 1 atom stereocenters. The number of benzene rings is 6. The van der Waals surface area contributed by atoms with E-state index in [9.17, 15) is 5.26 Å². The fraction of sp³-hybridized carbons (Fsp3) is 0.0571. The van der Waals surface area contributed by atoms with Crippen molar-refractivity contribution in [2.24, 2.45) is 0 Å². The van der Waals surface area contributed by atoms with Crippen LogP contribution in [0, 0.1) is 11.3 Å². The van der Waals surface area contributed by atoms with Crippen LogP contribution in [0.15, 0.2) is 133 Å². The van der Waals surface area contributed by atoms with Crippen LogP contribution in [-0.4, -0.2) is 0 Å². The average Bonchev–Trinajstić information content (AvgIpc) is 2.99. The van der Waals surface area contributed by atoms with Crippen LogP contribution < -0.4 is 15.9 Å². The molecule has 0 aliphatic heterocycles. The van der Waals surface area contributed by atoms with Crippen LogP contribution in [0.5, 0.6) is 0 Å². The Hall–Kier alpha value is -3.81. The van der Waals surface area contributed by atoms with Gasteiger partial charge in [-0.2, -0.15) is 0 Å². The van der Waals surface area contributed by atoms with E-state index in [1.165, 1.54) is 27.0 Å². The fourth-order valence-electron chi connectivity index (χ4n) is 5.86. The first kappa shape index (κ1) is 24.5. The van der Waals surface area contributed by atoms with Crippen LogP contribution in [0.3, 0.4) is 0 Å². The second-order valence-corrected chi connectivity index (χ2v) is 14.2. The van der Waals surface area contributed by atoms with E-state index in [0.717, 1.165) is 39.4 Å². The van der Waals surface area contributed by atoms with Crippen LogP contribution >= 0.6 is 16.5 Å². The van der Waals surface area contributed by atoms with Crippen molar-refractivity contribution >= 4 is 54.0 Å². The quantitative estimate of drug-likeness (QED) is 0.164. The van der Waals surface area contributed by atoms with Gasteiger partial charge in [-0.3, -0.25) is 0 Å². The van der Waals surface area contributed by atoms with Crippen molar-refractivity contribution in [1.29, 1.82) is 5.26 Å². The summed E-state index contributed by atoms with van der Waals surface area (Å²) in [5, 5.41) is 18.7. The van der Waals surface area contributed by atoms with Gasteiger partial charge >= 0.3 is 228 Å². The maximum atomic E-state index is 10.2. The minimum absolute atomic E-state index is 0.766. The monoisotopic (exact) mass is 525 g/mol. The van der Waals surface area contributed by atoms with Gasteiger partial charge in [0.15, 0.2) is 0 Å². The molecule has 0 heterocycles. The summed E-state index contributed by atoms with van der Waals surface area (Å²) in [6.07, 6.45) is 1.82. The molecule has 0 spiro atoms. The second-order valence-electron chi connectivity index (χ2n) is 9.86. The van der Waals surface area contributed by atoms with Crippen molar-refractivity contribution in [3.63, 3.8) is 0 Å². The summed E-state index contributed by atoms with van der Waals surface area (Å²) in [7, 11) is 0.370.